The number of Topliss-reactive ketones (excluding diaryl/α,β-unsaturated/α-hetero) is 1. The van der Waals surface area contributed by atoms with E-state index in [2.05, 4.69) is 0 Å². The zero-order valence-electron chi connectivity index (χ0n) is 10.3. The standard InChI is InChI=1S/C15H9ClFNO2/c16-12-3-1-2-11(7-12)14(19)9-20-15-5-4-10(8-18)6-13(15)17/h1-7H,9H2. The van der Waals surface area contributed by atoms with Crippen LogP contribution in [0.15, 0.2) is 42.5 Å². The minimum Gasteiger partial charge on any atom is -0.482 e. The quantitative estimate of drug-likeness (QED) is 0.808. The van der Waals surface area contributed by atoms with Crippen LogP contribution in [0.2, 0.25) is 5.02 Å². The predicted octanol–water partition coefficient (Wildman–Crippen LogP) is 3.61. The average Bonchev–Trinajstić information content (AvgIpc) is 2.45. The molecule has 0 aliphatic carbocycles. The van der Waals surface area contributed by atoms with E-state index in [1.165, 1.54) is 18.2 Å². The smallest absolute Gasteiger partial charge is 0.200 e. The van der Waals surface area contributed by atoms with Crippen molar-refractivity contribution in [3.05, 3.63) is 64.4 Å². The Labute approximate surface area is 120 Å². The van der Waals surface area contributed by atoms with Crippen molar-refractivity contribution in [2.45, 2.75) is 0 Å². The highest BCUT2D eigenvalue weighted by Gasteiger charge is 2.10. The largest absolute Gasteiger partial charge is 0.482 e. The van der Waals surface area contributed by atoms with Crippen molar-refractivity contribution in [1.82, 2.24) is 0 Å². The summed E-state index contributed by atoms with van der Waals surface area (Å²) >= 11 is 5.78. The van der Waals surface area contributed by atoms with Gasteiger partial charge in [0.05, 0.1) is 11.6 Å². The van der Waals surface area contributed by atoms with E-state index in [4.69, 9.17) is 21.6 Å². The van der Waals surface area contributed by atoms with Crippen LogP contribution in [-0.2, 0) is 0 Å². The third-order valence-corrected chi connectivity index (χ3v) is 2.80. The lowest BCUT2D eigenvalue weighted by Crippen LogP contribution is -2.12. The van der Waals surface area contributed by atoms with Crippen molar-refractivity contribution in [3.63, 3.8) is 0 Å². The van der Waals surface area contributed by atoms with E-state index in [-0.39, 0.29) is 23.7 Å². The summed E-state index contributed by atoms with van der Waals surface area (Å²) in [6, 6.07) is 12.0. The molecule has 100 valence electrons. The van der Waals surface area contributed by atoms with Crippen molar-refractivity contribution in [3.8, 4) is 11.8 Å². The van der Waals surface area contributed by atoms with E-state index >= 15 is 0 Å². The minimum absolute atomic E-state index is 0.0700. The summed E-state index contributed by atoms with van der Waals surface area (Å²) in [5.74, 6) is -1.06. The Morgan fingerprint density at radius 3 is 2.75 bits per heavy atom. The van der Waals surface area contributed by atoms with Gasteiger partial charge < -0.3 is 4.74 Å². The van der Waals surface area contributed by atoms with E-state index < -0.39 is 5.82 Å². The van der Waals surface area contributed by atoms with Gasteiger partial charge >= 0.3 is 0 Å². The number of carbonyl (C=O) groups is 1. The number of ketones is 1. The van der Waals surface area contributed by atoms with Crippen LogP contribution in [0.1, 0.15) is 15.9 Å². The molecular weight excluding hydrogens is 281 g/mol. The number of rotatable bonds is 4. The molecular formula is C15H9ClFNO2. The molecule has 0 saturated carbocycles. The lowest BCUT2D eigenvalue weighted by atomic mass is 10.1. The van der Waals surface area contributed by atoms with Crippen molar-refractivity contribution in [2.75, 3.05) is 6.61 Å². The molecule has 0 bridgehead atoms. The fourth-order valence-corrected chi connectivity index (χ4v) is 1.77. The first kappa shape index (κ1) is 14.0. The maximum atomic E-state index is 13.5. The molecule has 2 aromatic rings. The SMILES string of the molecule is N#Cc1ccc(OCC(=O)c2cccc(Cl)c2)c(F)c1. The normalized spacial score (nSPS) is 9.85. The van der Waals surface area contributed by atoms with Crippen LogP contribution in [0.4, 0.5) is 4.39 Å². The molecule has 0 spiro atoms. The van der Waals surface area contributed by atoms with Crippen LogP contribution in [0.25, 0.3) is 0 Å². The van der Waals surface area contributed by atoms with Crippen molar-refractivity contribution in [1.29, 1.82) is 5.26 Å². The first-order valence-corrected chi connectivity index (χ1v) is 6.09. The number of hydrogen-bond acceptors (Lipinski definition) is 3. The predicted molar refractivity (Wildman–Crippen MR) is 72.4 cm³/mol. The molecule has 0 atom stereocenters. The Kier molecular flexibility index (Phi) is 4.34. The first-order chi connectivity index (χ1) is 9.60. The summed E-state index contributed by atoms with van der Waals surface area (Å²) < 4.78 is 18.7. The highest BCUT2D eigenvalue weighted by atomic mass is 35.5. The molecule has 2 aromatic carbocycles. The van der Waals surface area contributed by atoms with Gasteiger partial charge in [0.2, 0.25) is 0 Å². The molecule has 3 nitrogen and oxygen atoms in total. The van der Waals surface area contributed by atoms with Crippen LogP contribution in [0, 0.1) is 17.1 Å². The summed E-state index contributed by atoms with van der Waals surface area (Å²) in [7, 11) is 0. The Hall–Kier alpha value is -2.38. The Balaban J connectivity index is 2.06. The minimum atomic E-state index is -0.678. The Bertz CT molecular complexity index is 695. The number of nitrogens with zero attached hydrogens (tertiary/aromatic N) is 1. The maximum Gasteiger partial charge on any atom is 0.200 e. The van der Waals surface area contributed by atoms with E-state index in [0.29, 0.717) is 10.6 Å². The van der Waals surface area contributed by atoms with Crippen molar-refractivity contribution >= 4 is 17.4 Å². The second-order valence-electron chi connectivity index (χ2n) is 3.98. The average molecular weight is 290 g/mol. The van der Waals surface area contributed by atoms with Crippen LogP contribution in [0.5, 0.6) is 5.75 Å². The molecule has 0 aliphatic heterocycles. The number of benzene rings is 2. The second kappa shape index (κ2) is 6.18. The fourth-order valence-electron chi connectivity index (χ4n) is 1.58. The number of carbonyl (C=O) groups excluding carboxylic acids is 1. The summed E-state index contributed by atoms with van der Waals surface area (Å²) in [6.45, 7) is -0.302. The van der Waals surface area contributed by atoms with Crippen LogP contribution >= 0.6 is 11.6 Å². The van der Waals surface area contributed by atoms with E-state index in [0.717, 1.165) is 6.07 Å². The summed E-state index contributed by atoms with van der Waals surface area (Å²) in [5, 5.41) is 9.07. The molecule has 5 heteroatoms. The number of hydrogen-bond donors (Lipinski definition) is 0. The van der Waals surface area contributed by atoms with Gasteiger partial charge in [0.25, 0.3) is 0 Å². The van der Waals surface area contributed by atoms with Crippen LogP contribution < -0.4 is 4.74 Å². The van der Waals surface area contributed by atoms with Gasteiger partial charge in [0.15, 0.2) is 24.0 Å². The van der Waals surface area contributed by atoms with Crippen molar-refractivity contribution in [2.24, 2.45) is 0 Å². The molecule has 0 radical (unpaired) electrons. The van der Waals surface area contributed by atoms with Gasteiger partial charge in [-0.05, 0) is 30.3 Å². The zero-order chi connectivity index (χ0) is 14.5. The van der Waals surface area contributed by atoms with Gasteiger partial charge in [-0.2, -0.15) is 5.26 Å². The fraction of sp³-hybridized carbons (Fsp3) is 0.0667. The number of ether oxygens (including phenoxy) is 1. The summed E-state index contributed by atoms with van der Waals surface area (Å²) in [5.41, 5.74) is 0.586. The molecule has 0 saturated heterocycles. The topological polar surface area (TPSA) is 50.1 Å². The highest BCUT2D eigenvalue weighted by molar-refractivity contribution is 6.31. The summed E-state index contributed by atoms with van der Waals surface area (Å²) in [6.07, 6.45) is 0. The Morgan fingerprint density at radius 2 is 2.10 bits per heavy atom. The number of halogens is 2. The van der Waals surface area contributed by atoms with E-state index in [1.54, 1.807) is 18.2 Å². The van der Waals surface area contributed by atoms with Crippen LogP contribution in [-0.4, -0.2) is 12.4 Å². The monoisotopic (exact) mass is 289 g/mol. The third-order valence-electron chi connectivity index (χ3n) is 2.57. The third kappa shape index (κ3) is 3.34. The number of nitriles is 1. The molecule has 2 rings (SSSR count). The zero-order valence-corrected chi connectivity index (χ0v) is 11.0. The van der Waals surface area contributed by atoms with Gasteiger partial charge in [0, 0.05) is 10.6 Å². The van der Waals surface area contributed by atoms with E-state index in [1.807, 2.05) is 6.07 Å². The molecule has 0 amide bonds. The molecule has 0 aliphatic rings. The molecule has 0 fully saturated rings. The maximum absolute atomic E-state index is 13.5. The van der Waals surface area contributed by atoms with Crippen molar-refractivity contribution < 1.29 is 13.9 Å². The van der Waals surface area contributed by atoms with Gasteiger partial charge in [-0.3, -0.25) is 4.79 Å². The van der Waals surface area contributed by atoms with Gasteiger partial charge in [0.1, 0.15) is 0 Å². The molecule has 0 heterocycles. The molecule has 0 N–H and O–H groups in total. The van der Waals surface area contributed by atoms with Crippen LogP contribution in [0.3, 0.4) is 0 Å². The second-order valence-corrected chi connectivity index (χ2v) is 4.42. The lowest BCUT2D eigenvalue weighted by molar-refractivity contribution is 0.0919. The molecule has 0 unspecified atom stereocenters. The van der Waals surface area contributed by atoms with E-state index in [9.17, 15) is 9.18 Å². The molecule has 20 heavy (non-hydrogen) atoms. The lowest BCUT2D eigenvalue weighted by Gasteiger charge is -2.07. The molecule has 0 aromatic heterocycles. The first-order valence-electron chi connectivity index (χ1n) is 5.71. The van der Waals surface area contributed by atoms with Gasteiger partial charge in [-0.1, -0.05) is 23.7 Å². The summed E-state index contributed by atoms with van der Waals surface area (Å²) in [4.78, 5) is 11.8. The highest BCUT2D eigenvalue weighted by Crippen LogP contribution is 2.18. The van der Waals surface area contributed by atoms with Gasteiger partial charge in [-0.25, -0.2) is 4.39 Å². The van der Waals surface area contributed by atoms with Gasteiger partial charge in [-0.15, -0.1) is 0 Å². The Morgan fingerprint density at radius 1 is 1.30 bits per heavy atom.